The summed E-state index contributed by atoms with van der Waals surface area (Å²) in [7, 11) is 0. The van der Waals surface area contributed by atoms with Crippen LogP contribution in [0.3, 0.4) is 0 Å². The van der Waals surface area contributed by atoms with Crippen LogP contribution < -0.4 is 10.6 Å². The topological polar surface area (TPSA) is 57.5 Å². The number of nitrogens with one attached hydrogen (secondary N) is 2. The number of alkyl halides is 6. The quantitative estimate of drug-likeness (QED) is 0.533. The molecule has 2 aliphatic heterocycles. The van der Waals surface area contributed by atoms with Crippen LogP contribution in [-0.2, 0) is 12.4 Å². The van der Waals surface area contributed by atoms with E-state index >= 15 is 0 Å². The number of hydrogen-bond acceptors (Lipinski definition) is 5. The van der Waals surface area contributed by atoms with Gasteiger partial charge in [-0.1, -0.05) is 12.1 Å². The van der Waals surface area contributed by atoms with Crippen molar-refractivity contribution >= 4 is 11.5 Å². The zero-order valence-electron chi connectivity index (χ0n) is 17.5. The Kier molecular flexibility index (Phi) is 5.24. The third-order valence-corrected chi connectivity index (χ3v) is 6.26. The summed E-state index contributed by atoms with van der Waals surface area (Å²) < 4.78 is 93.7. The summed E-state index contributed by atoms with van der Waals surface area (Å²) in [5.74, 6) is -0.707. The van der Waals surface area contributed by atoms with E-state index in [0.717, 1.165) is 31.7 Å². The van der Waals surface area contributed by atoms with E-state index < -0.39 is 35.2 Å². The third kappa shape index (κ3) is 4.17. The fourth-order valence-electron chi connectivity index (χ4n) is 4.47. The van der Waals surface area contributed by atoms with Gasteiger partial charge in [0.05, 0.1) is 6.04 Å². The molecule has 5 rings (SSSR count). The first-order chi connectivity index (χ1) is 15.9. The van der Waals surface area contributed by atoms with Crippen molar-refractivity contribution in [1.29, 1.82) is 0 Å². The molecule has 34 heavy (non-hydrogen) atoms. The van der Waals surface area contributed by atoms with Gasteiger partial charge in [-0.3, -0.25) is 4.90 Å². The Labute approximate surface area is 188 Å². The minimum Gasteiger partial charge on any atom is -0.368 e. The van der Waals surface area contributed by atoms with Crippen molar-refractivity contribution in [3.63, 3.8) is 0 Å². The van der Waals surface area contributed by atoms with E-state index in [1.165, 1.54) is 12.1 Å². The Hall–Kier alpha value is -2.93. The lowest BCUT2D eigenvalue weighted by Gasteiger charge is -2.58. The van der Waals surface area contributed by atoms with Crippen molar-refractivity contribution in [2.45, 2.75) is 18.4 Å². The average Bonchev–Trinajstić information content (AvgIpc) is 3.13. The number of likely N-dealkylation sites (tertiary alicyclic amines) is 1. The first-order valence-electron chi connectivity index (χ1n) is 10.4. The predicted octanol–water partition coefficient (Wildman–Crippen LogP) is 3.96. The van der Waals surface area contributed by atoms with Crippen LogP contribution in [-0.4, -0.2) is 52.2 Å². The molecule has 1 unspecified atom stereocenters. The number of benzene rings is 1. The molecule has 1 spiro atoms. The minimum atomic E-state index is -4.86. The van der Waals surface area contributed by atoms with Gasteiger partial charge in [0, 0.05) is 50.3 Å². The zero-order chi connectivity index (χ0) is 24.3. The Morgan fingerprint density at radius 2 is 1.62 bits per heavy atom. The molecule has 0 bridgehead atoms. The van der Waals surface area contributed by atoms with Crippen molar-refractivity contribution in [2.75, 3.05) is 38.0 Å². The van der Waals surface area contributed by atoms with Gasteiger partial charge in [-0.25, -0.2) is 9.37 Å². The molecule has 13 heteroatoms. The van der Waals surface area contributed by atoms with Gasteiger partial charge in [-0.15, -0.1) is 0 Å². The Morgan fingerprint density at radius 1 is 0.971 bits per heavy atom. The second-order valence-electron chi connectivity index (χ2n) is 8.78. The molecule has 3 aromatic rings. The van der Waals surface area contributed by atoms with Crippen LogP contribution in [0.25, 0.3) is 5.65 Å². The molecular formula is C21H19F7N6. The summed E-state index contributed by atoms with van der Waals surface area (Å²) in [6.07, 6.45) is -9.71. The fourth-order valence-corrected chi connectivity index (χ4v) is 4.47. The highest BCUT2D eigenvalue weighted by Gasteiger charge is 2.49. The summed E-state index contributed by atoms with van der Waals surface area (Å²) in [6.45, 7) is 3.26. The maximum Gasteiger partial charge on any atom is 0.435 e. The Morgan fingerprint density at radius 3 is 2.18 bits per heavy atom. The van der Waals surface area contributed by atoms with E-state index in [4.69, 9.17) is 0 Å². The van der Waals surface area contributed by atoms with E-state index in [1.54, 1.807) is 12.1 Å². The predicted molar refractivity (Wildman–Crippen MR) is 107 cm³/mol. The fraction of sp³-hybridized carbons (Fsp3) is 0.429. The lowest BCUT2D eigenvalue weighted by atomic mass is 9.73. The molecule has 0 amide bonds. The Balaban J connectivity index is 1.47. The van der Waals surface area contributed by atoms with Gasteiger partial charge in [-0.2, -0.15) is 36.0 Å². The minimum absolute atomic E-state index is 0.0623. The summed E-state index contributed by atoms with van der Waals surface area (Å²) in [4.78, 5) is 5.42. The van der Waals surface area contributed by atoms with Crippen molar-refractivity contribution in [3.05, 3.63) is 59.2 Å². The molecule has 182 valence electrons. The van der Waals surface area contributed by atoms with Crippen molar-refractivity contribution in [3.8, 4) is 0 Å². The lowest BCUT2D eigenvalue weighted by Crippen LogP contribution is -2.71. The molecule has 0 radical (unpaired) electrons. The highest BCUT2D eigenvalue weighted by atomic mass is 19.4. The third-order valence-electron chi connectivity index (χ3n) is 6.26. The molecule has 2 N–H and O–H groups in total. The van der Waals surface area contributed by atoms with Crippen molar-refractivity contribution in [1.82, 2.24) is 24.8 Å². The second-order valence-corrected chi connectivity index (χ2v) is 8.78. The van der Waals surface area contributed by atoms with Gasteiger partial charge < -0.3 is 10.6 Å². The van der Waals surface area contributed by atoms with Gasteiger partial charge in [0.15, 0.2) is 17.0 Å². The van der Waals surface area contributed by atoms with E-state index in [9.17, 15) is 30.7 Å². The maximum absolute atomic E-state index is 13.5. The van der Waals surface area contributed by atoms with E-state index in [1.807, 2.05) is 0 Å². The standard InChI is InChI=1S/C21H19F7N6/c22-13-3-1-12(2-4-13)14(33-10-19(11-33)8-29-9-19)7-30-17-5-15(20(23,24)25)31-18-6-16(21(26,27)28)32-34(17)18/h1-6,14,29-30H,7-11H2. The highest BCUT2D eigenvalue weighted by molar-refractivity contribution is 5.51. The van der Waals surface area contributed by atoms with E-state index in [-0.39, 0.29) is 23.8 Å². The van der Waals surface area contributed by atoms with Crippen LogP contribution in [0.4, 0.5) is 36.6 Å². The van der Waals surface area contributed by atoms with Gasteiger partial charge in [-0.05, 0) is 17.7 Å². The highest BCUT2D eigenvalue weighted by Crippen LogP contribution is 2.40. The molecule has 2 saturated heterocycles. The van der Waals surface area contributed by atoms with Gasteiger partial charge in [0.1, 0.15) is 11.6 Å². The molecule has 1 aromatic carbocycles. The SMILES string of the molecule is Fc1ccc(C(CNc2cc(C(F)(F)F)nc3cc(C(F)(F)F)nn23)N2CC3(CNC3)C2)cc1. The normalized spacial score (nSPS) is 19.1. The second kappa shape index (κ2) is 7.80. The lowest BCUT2D eigenvalue weighted by molar-refractivity contribution is -0.142. The first kappa shape index (κ1) is 22.8. The summed E-state index contributed by atoms with van der Waals surface area (Å²) >= 11 is 0. The number of aromatic nitrogens is 3. The van der Waals surface area contributed by atoms with Crippen LogP contribution in [0.15, 0.2) is 36.4 Å². The summed E-state index contributed by atoms with van der Waals surface area (Å²) in [5.41, 5.74) is -2.38. The van der Waals surface area contributed by atoms with Crippen LogP contribution in [0.5, 0.6) is 0 Å². The van der Waals surface area contributed by atoms with Crippen LogP contribution in [0.1, 0.15) is 23.0 Å². The molecule has 2 fully saturated rings. The molecular weight excluding hydrogens is 469 g/mol. The van der Waals surface area contributed by atoms with Crippen molar-refractivity contribution < 1.29 is 30.7 Å². The smallest absolute Gasteiger partial charge is 0.368 e. The first-order valence-corrected chi connectivity index (χ1v) is 10.4. The number of hydrogen-bond donors (Lipinski definition) is 2. The zero-order valence-corrected chi connectivity index (χ0v) is 17.5. The largest absolute Gasteiger partial charge is 0.435 e. The number of rotatable bonds is 5. The number of fused-ring (bicyclic) bond motifs is 1. The summed E-state index contributed by atoms with van der Waals surface area (Å²) in [5, 5.41) is 9.47. The molecule has 0 aliphatic carbocycles. The van der Waals surface area contributed by atoms with Crippen molar-refractivity contribution in [2.24, 2.45) is 5.41 Å². The molecule has 2 aliphatic rings. The summed E-state index contributed by atoms with van der Waals surface area (Å²) in [6, 6.07) is 6.52. The number of nitrogens with zero attached hydrogens (tertiary/aromatic N) is 4. The van der Waals surface area contributed by atoms with Gasteiger partial charge >= 0.3 is 12.4 Å². The van der Waals surface area contributed by atoms with E-state index in [0.29, 0.717) is 16.6 Å². The number of halogens is 7. The Bertz CT molecular complexity index is 1190. The maximum atomic E-state index is 13.5. The molecule has 2 aromatic heterocycles. The van der Waals surface area contributed by atoms with Gasteiger partial charge in [0.2, 0.25) is 0 Å². The van der Waals surface area contributed by atoms with Crippen LogP contribution in [0.2, 0.25) is 0 Å². The van der Waals surface area contributed by atoms with Crippen LogP contribution >= 0.6 is 0 Å². The van der Waals surface area contributed by atoms with E-state index in [2.05, 4.69) is 25.6 Å². The molecule has 4 heterocycles. The number of anilines is 1. The molecule has 0 saturated carbocycles. The molecule has 1 atom stereocenters. The molecule has 6 nitrogen and oxygen atoms in total. The van der Waals surface area contributed by atoms with Crippen LogP contribution in [0, 0.1) is 11.2 Å². The average molecular weight is 488 g/mol. The van der Waals surface area contributed by atoms with Gasteiger partial charge in [0.25, 0.3) is 0 Å². The monoisotopic (exact) mass is 488 g/mol.